The van der Waals surface area contributed by atoms with Crippen molar-refractivity contribution in [1.29, 1.82) is 0 Å². The van der Waals surface area contributed by atoms with Crippen LogP contribution in [0.1, 0.15) is 60.7 Å². The standard InChI is InChI=1S/C13H28N2O.C3H8.H2/c1-12(11-14-9-10-16-3)15(2)13-7-5-4-6-8-13;1-3-2;/h12-14H,4-11H2,1-3H3;3H2,1-2H3;1H/t12-;;/m0../s1. The van der Waals surface area contributed by atoms with Gasteiger partial charge < -0.3 is 10.1 Å². The Bertz CT molecular complexity index is 187. The van der Waals surface area contributed by atoms with Gasteiger partial charge in [0, 0.05) is 33.7 Å². The fourth-order valence-electron chi connectivity index (χ4n) is 2.48. The first kappa shape index (κ1) is 18.9. The fourth-order valence-corrected chi connectivity index (χ4v) is 2.48. The van der Waals surface area contributed by atoms with Gasteiger partial charge in [-0.2, -0.15) is 0 Å². The molecule has 1 rings (SSSR count). The zero-order valence-corrected chi connectivity index (χ0v) is 13.9. The highest BCUT2D eigenvalue weighted by Gasteiger charge is 2.21. The van der Waals surface area contributed by atoms with Crippen LogP contribution in [0.25, 0.3) is 0 Å². The molecule has 1 saturated carbocycles. The van der Waals surface area contributed by atoms with E-state index in [1.54, 1.807) is 7.11 Å². The minimum atomic E-state index is 0. The van der Waals surface area contributed by atoms with Crippen molar-refractivity contribution in [3.8, 4) is 0 Å². The van der Waals surface area contributed by atoms with Crippen LogP contribution in [-0.2, 0) is 4.74 Å². The summed E-state index contributed by atoms with van der Waals surface area (Å²) in [6.45, 7) is 9.39. The molecule has 0 bridgehead atoms. The van der Waals surface area contributed by atoms with Crippen LogP contribution >= 0.6 is 0 Å². The quantitative estimate of drug-likeness (QED) is 0.719. The van der Waals surface area contributed by atoms with E-state index in [0.717, 1.165) is 25.7 Å². The average Bonchev–Trinajstić information content (AvgIpc) is 2.44. The molecule has 1 aliphatic carbocycles. The molecule has 1 atom stereocenters. The molecule has 1 fully saturated rings. The highest BCUT2D eigenvalue weighted by atomic mass is 16.5. The summed E-state index contributed by atoms with van der Waals surface area (Å²) in [6.07, 6.45) is 8.29. The first-order chi connectivity index (χ1) is 9.17. The summed E-state index contributed by atoms with van der Waals surface area (Å²) < 4.78 is 5.02. The first-order valence-corrected chi connectivity index (χ1v) is 8.08. The van der Waals surface area contributed by atoms with E-state index in [-0.39, 0.29) is 1.43 Å². The lowest BCUT2D eigenvalue weighted by Crippen LogP contribution is -2.45. The van der Waals surface area contributed by atoms with E-state index in [1.165, 1.54) is 38.5 Å². The van der Waals surface area contributed by atoms with Gasteiger partial charge in [0.25, 0.3) is 0 Å². The van der Waals surface area contributed by atoms with Crippen LogP contribution in [0.2, 0.25) is 0 Å². The second kappa shape index (κ2) is 12.9. The lowest BCUT2D eigenvalue weighted by Gasteiger charge is -2.35. The number of rotatable bonds is 7. The molecule has 0 radical (unpaired) electrons. The van der Waals surface area contributed by atoms with Gasteiger partial charge >= 0.3 is 0 Å². The van der Waals surface area contributed by atoms with Crippen LogP contribution in [0.5, 0.6) is 0 Å². The molecule has 0 aromatic rings. The van der Waals surface area contributed by atoms with Gasteiger partial charge in [0.1, 0.15) is 0 Å². The molecule has 1 N–H and O–H groups in total. The maximum atomic E-state index is 5.02. The van der Waals surface area contributed by atoms with Crippen LogP contribution < -0.4 is 5.32 Å². The van der Waals surface area contributed by atoms with Gasteiger partial charge in [-0.25, -0.2) is 0 Å². The minimum Gasteiger partial charge on any atom is -0.383 e. The van der Waals surface area contributed by atoms with E-state index in [9.17, 15) is 0 Å². The van der Waals surface area contributed by atoms with Crippen LogP contribution in [0.3, 0.4) is 0 Å². The minimum absolute atomic E-state index is 0. The third kappa shape index (κ3) is 9.42. The topological polar surface area (TPSA) is 24.5 Å². The van der Waals surface area contributed by atoms with Crippen molar-refractivity contribution in [3.05, 3.63) is 0 Å². The lowest BCUT2D eigenvalue weighted by molar-refractivity contribution is 0.140. The van der Waals surface area contributed by atoms with Crippen molar-refractivity contribution in [2.45, 2.75) is 71.4 Å². The van der Waals surface area contributed by atoms with Crippen molar-refractivity contribution in [3.63, 3.8) is 0 Å². The molecule has 0 aromatic carbocycles. The molecule has 0 amide bonds. The summed E-state index contributed by atoms with van der Waals surface area (Å²) in [7, 11) is 4.03. The summed E-state index contributed by atoms with van der Waals surface area (Å²) in [5.41, 5.74) is 0. The predicted molar refractivity (Wildman–Crippen MR) is 86.9 cm³/mol. The summed E-state index contributed by atoms with van der Waals surface area (Å²) in [5, 5.41) is 3.44. The largest absolute Gasteiger partial charge is 0.383 e. The fraction of sp³-hybridized carbons (Fsp3) is 1.00. The van der Waals surface area contributed by atoms with Crippen molar-refractivity contribution in [2.75, 3.05) is 33.9 Å². The van der Waals surface area contributed by atoms with Gasteiger partial charge in [-0.05, 0) is 26.8 Å². The number of nitrogens with one attached hydrogen (secondary N) is 1. The lowest BCUT2D eigenvalue weighted by atomic mass is 9.94. The molecule has 0 heterocycles. The predicted octanol–water partition coefficient (Wildman–Crippen LogP) is 3.54. The Kier molecular flexibility index (Phi) is 12.8. The van der Waals surface area contributed by atoms with Gasteiger partial charge in [0.15, 0.2) is 0 Å². The average molecular weight is 274 g/mol. The molecule has 3 nitrogen and oxygen atoms in total. The highest BCUT2D eigenvalue weighted by molar-refractivity contribution is 4.78. The number of ether oxygens (including phenoxy) is 1. The first-order valence-electron chi connectivity index (χ1n) is 8.08. The summed E-state index contributed by atoms with van der Waals surface area (Å²) >= 11 is 0. The van der Waals surface area contributed by atoms with Crippen molar-refractivity contribution in [1.82, 2.24) is 10.2 Å². The second-order valence-electron chi connectivity index (χ2n) is 5.71. The maximum absolute atomic E-state index is 5.02. The van der Waals surface area contributed by atoms with E-state index >= 15 is 0 Å². The third-order valence-electron chi connectivity index (χ3n) is 3.77. The second-order valence-corrected chi connectivity index (χ2v) is 5.71. The van der Waals surface area contributed by atoms with E-state index in [2.05, 4.69) is 38.0 Å². The molecule has 0 unspecified atom stereocenters. The summed E-state index contributed by atoms with van der Waals surface area (Å²) in [5.74, 6) is 0. The Hall–Kier alpha value is -0.120. The maximum Gasteiger partial charge on any atom is 0.0587 e. The molecular formula is C16H38N2O. The van der Waals surface area contributed by atoms with Crippen LogP contribution in [0.15, 0.2) is 0 Å². The van der Waals surface area contributed by atoms with Crippen molar-refractivity contribution in [2.24, 2.45) is 0 Å². The van der Waals surface area contributed by atoms with Crippen LogP contribution in [-0.4, -0.2) is 50.8 Å². The SMILES string of the molecule is CCC.COCCNC[C@H](C)N(C)C1CCCCC1.[HH]. The molecule has 0 aliphatic heterocycles. The smallest absolute Gasteiger partial charge is 0.0587 e. The number of methoxy groups -OCH3 is 1. The Labute approximate surface area is 122 Å². The Morgan fingerprint density at radius 2 is 1.84 bits per heavy atom. The number of hydrogen-bond acceptors (Lipinski definition) is 3. The molecule has 19 heavy (non-hydrogen) atoms. The molecule has 1 aliphatic rings. The zero-order valence-electron chi connectivity index (χ0n) is 13.9. The Balaban J connectivity index is 0. The molecule has 3 heteroatoms. The van der Waals surface area contributed by atoms with Crippen molar-refractivity contribution >= 4 is 0 Å². The monoisotopic (exact) mass is 274 g/mol. The third-order valence-corrected chi connectivity index (χ3v) is 3.77. The van der Waals surface area contributed by atoms with Gasteiger partial charge in [-0.15, -0.1) is 0 Å². The molecule has 118 valence electrons. The Morgan fingerprint density at radius 1 is 1.26 bits per heavy atom. The molecule has 0 spiro atoms. The number of nitrogens with zero attached hydrogens (tertiary/aromatic N) is 1. The van der Waals surface area contributed by atoms with Crippen molar-refractivity contribution < 1.29 is 6.16 Å². The number of hydrogen-bond donors (Lipinski definition) is 1. The van der Waals surface area contributed by atoms with Gasteiger partial charge in [0.2, 0.25) is 0 Å². The van der Waals surface area contributed by atoms with E-state index in [4.69, 9.17) is 4.74 Å². The molecule has 0 aromatic heterocycles. The van der Waals surface area contributed by atoms with Crippen LogP contribution in [0.4, 0.5) is 0 Å². The highest BCUT2D eigenvalue weighted by Crippen LogP contribution is 2.22. The van der Waals surface area contributed by atoms with E-state index in [0.29, 0.717) is 6.04 Å². The van der Waals surface area contributed by atoms with E-state index in [1.807, 2.05) is 0 Å². The van der Waals surface area contributed by atoms with Gasteiger partial charge in [-0.1, -0.05) is 39.5 Å². The summed E-state index contributed by atoms with van der Waals surface area (Å²) in [6, 6.07) is 1.44. The molecule has 0 saturated heterocycles. The molecular weight excluding hydrogens is 236 g/mol. The van der Waals surface area contributed by atoms with E-state index < -0.39 is 0 Å². The zero-order chi connectivity index (χ0) is 14.5. The van der Waals surface area contributed by atoms with Gasteiger partial charge in [0.05, 0.1) is 6.61 Å². The normalized spacial score (nSPS) is 18.0. The number of likely N-dealkylation sites (N-methyl/N-ethyl adjacent to an activating group) is 1. The summed E-state index contributed by atoms with van der Waals surface area (Å²) in [4.78, 5) is 2.55. The van der Waals surface area contributed by atoms with Crippen LogP contribution in [0, 0.1) is 0 Å². The Morgan fingerprint density at radius 3 is 2.37 bits per heavy atom. The van der Waals surface area contributed by atoms with Gasteiger partial charge in [-0.3, -0.25) is 4.90 Å².